The minimum absolute atomic E-state index is 0.0335. The van der Waals surface area contributed by atoms with Crippen molar-refractivity contribution in [2.24, 2.45) is 23.7 Å². The predicted octanol–water partition coefficient (Wildman–Crippen LogP) is 5.69. The Morgan fingerprint density at radius 1 is 0.938 bits per heavy atom. The number of methoxy groups -OCH3 is 2. The summed E-state index contributed by atoms with van der Waals surface area (Å²) in [7, 11) is 2.93. The van der Waals surface area contributed by atoms with Gasteiger partial charge in [0.1, 0.15) is 5.75 Å². The molecule has 7 rings (SSSR count). The van der Waals surface area contributed by atoms with E-state index in [1.54, 1.807) is 48.5 Å². The Bertz CT molecular complexity index is 1940. The number of benzene rings is 3. The Morgan fingerprint density at radius 3 is 2.33 bits per heavy atom. The van der Waals surface area contributed by atoms with E-state index in [1.165, 1.54) is 20.3 Å². The Labute approximate surface area is 298 Å². The number of phenolic OH excluding ortho intramolecular Hbond substituents is 1. The maximum Gasteiger partial charge on any atom is 0.260 e. The molecular weight excluding hydrogens is 776 g/mol. The fourth-order valence-corrected chi connectivity index (χ4v) is 9.19. The van der Waals surface area contributed by atoms with Crippen LogP contribution in [0.2, 0.25) is 10.0 Å². The van der Waals surface area contributed by atoms with E-state index in [0.29, 0.717) is 31.0 Å². The molecule has 2 saturated heterocycles. The molecule has 0 radical (unpaired) electrons. The van der Waals surface area contributed by atoms with Crippen LogP contribution in [-0.2, 0) is 24.6 Å². The molecule has 4 aliphatic rings. The van der Waals surface area contributed by atoms with Crippen LogP contribution in [0.25, 0.3) is 0 Å². The number of rotatable bonds is 6. The third-order valence-corrected chi connectivity index (χ3v) is 11.5. The fraction of sp³-hybridized carbons (Fsp3) is 0.294. The van der Waals surface area contributed by atoms with Crippen molar-refractivity contribution in [3.63, 3.8) is 0 Å². The number of allylic oxidation sites excluding steroid dienone is 2. The van der Waals surface area contributed by atoms with Crippen LogP contribution in [0.4, 0.5) is 5.69 Å². The highest BCUT2D eigenvalue weighted by Crippen LogP contribution is 2.64. The second kappa shape index (κ2) is 11.9. The number of hydrogen-bond acceptors (Lipinski definition) is 9. The Hall–Kier alpha value is -3.85. The van der Waals surface area contributed by atoms with Crippen molar-refractivity contribution in [2.45, 2.75) is 24.2 Å². The first-order valence-corrected chi connectivity index (χ1v) is 16.8. The van der Waals surface area contributed by atoms with E-state index in [-0.39, 0.29) is 40.1 Å². The molecule has 0 spiro atoms. The van der Waals surface area contributed by atoms with E-state index in [4.69, 9.17) is 32.7 Å². The number of hydrazine groups is 1. The molecule has 6 unspecified atom stereocenters. The summed E-state index contributed by atoms with van der Waals surface area (Å²) in [5.41, 5.74) is 3.37. The second-order valence-corrected chi connectivity index (χ2v) is 14.3. The predicted molar refractivity (Wildman–Crippen MR) is 182 cm³/mol. The second-order valence-electron chi connectivity index (χ2n) is 12.3. The van der Waals surface area contributed by atoms with E-state index in [2.05, 4.69) is 5.43 Å². The van der Waals surface area contributed by atoms with Gasteiger partial charge in [-0.15, -0.1) is 0 Å². The number of aromatic hydroxyl groups is 1. The Morgan fingerprint density at radius 2 is 1.67 bits per heavy atom. The maximum atomic E-state index is 15.2. The summed E-state index contributed by atoms with van der Waals surface area (Å²) in [4.78, 5) is 56.3. The minimum Gasteiger partial charge on any atom is -0.504 e. The molecule has 3 aromatic rings. The van der Waals surface area contributed by atoms with Gasteiger partial charge in [-0.3, -0.25) is 29.8 Å². The summed E-state index contributed by atoms with van der Waals surface area (Å²) in [5.74, 6) is -6.32. The number of imide groups is 2. The quantitative estimate of drug-likeness (QED) is 0.124. The number of amides is 4. The zero-order valence-corrected chi connectivity index (χ0v) is 29.1. The number of halogens is 3. The first kappa shape index (κ1) is 32.7. The van der Waals surface area contributed by atoms with Crippen LogP contribution in [0, 0.1) is 27.2 Å². The standard InChI is InChI=1S/C34H28Cl2IN3O8/c1-47-18-6-3-16(4-7-18)34-22(31(43)39(33(34)45)38-25-10-5-17(35)13-23(25)36)14-21-19(8-9-20-27(21)32(44)40(46)30(20)42)28(34)15-11-24(37)29(41)26(12-15)48-2/h3-8,10-13,20-22,27-28,38,41,46H,9,14H2,1-2H3. The van der Waals surface area contributed by atoms with Crippen molar-refractivity contribution >= 4 is 75.1 Å². The van der Waals surface area contributed by atoms with Crippen LogP contribution in [0.1, 0.15) is 29.9 Å². The molecule has 2 heterocycles. The number of fused-ring (bicyclic) bond motifs is 4. The van der Waals surface area contributed by atoms with Crippen molar-refractivity contribution < 1.29 is 39.0 Å². The van der Waals surface area contributed by atoms with Gasteiger partial charge in [-0.05, 0) is 94.9 Å². The summed E-state index contributed by atoms with van der Waals surface area (Å²) in [6.07, 6.45) is 2.04. The molecule has 6 atom stereocenters. The lowest BCUT2D eigenvalue weighted by Crippen LogP contribution is -2.53. The normalized spacial score (nSPS) is 27.8. The van der Waals surface area contributed by atoms with Gasteiger partial charge in [-0.2, -0.15) is 10.1 Å². The Kier molecular flexibility index (Phi) is 8.13. The lowest BCUT2D eigenvalue weighted by atomic mass is 9.49. The van der Waals surface area contributed by atoms with Crippen LogP contribution in [0.3, 0.4) is 0 Å². The van der Waals surface area contributed by atoms with E-state index >= 15 is 4.79 Å². The molecule has 3 N–H and O–H groups in total. The van der Waals surface area contributed by atoms with Gasteiger partial charge >= 0.3 is 0 Å². The lowest BCUT2D eigenvalue weighted by molar-refractivity contribution is -0.173. The van der Waals surface area contributed by atoms with Crippen LogP contribution in [0.5, 0.6) is 17.2 Å². The molecule has 14 heteroatoms. The molecule has 2 aliphatic heterocycles. The summed E-state index contributed by atoms with van der Waals surface area (Å²) in [6.45, 7) is 0. The zero-order chi connectivity index (χ0) is 34.2. The van der Waals surface area contributed by atoms with E-state index in [1.807, 2.05) is 28.7 Å². The van der Waals surface area contributed by atoms with Gasteiger partial charge in [-0.25, -0.2) is 0 Å². The molecular formula is C34H28Cl2IN3O8. The van der Waals surface area contributed by atoms with Crippen molar-refractivity contribution in [3.05, 3.63) is 91.0 Å². The molecule has 3 fully saturated rings. The van der Waals surface area contributed by atoms with Crippen LogP contribution in [-0.4, -0.2) is 58.2 Å². The molecule has 0 bridgehead atoms. The molecule has 1 saturated carbocycles. The van der Waals surface area contributed by atoms with E-state index < -0.39 is 58.6 Å². The largest absolute Gasteiger partial charge is 0.504 e. The Balaban J connectivity index is 1.50. The monoisotopic (exact) mass is 803 g/mol. The lowest BCUT2D eigenvalue weighted by Gasteiger charge is -2.50. The molecule has 2 aliphatic carbocycles. The molecule has 11 nitrogen and oxygen atoms in total. The van der Waals surface area contributed by atoms with E-state index in [0.717, 1.165) is 5.01 Å². The first-order valence-electron chi connectivity index (χ1n) is 15.0. The van der Waals surface area contributed by atoms with Gasteiger partial charge < -0.3 is 14.6 Å². The van der Waals surface area contributed by atoms with Gasteiger partial charge in [-0.1, -0.05) is 47.0 Å². The van der Waals surface area contributed by atoms with E-state index in [9.17, 15) is 24.7 Å². The highest BCUT2D eigenvalue weighted by Gasteiger charge is 2.70. The van der Waals surface area contributed by atoms with Crippen molar-refractivity contribution in [2.75, 3.05) is 19.6 Å². The topological polar surface area (TPSA) is 146 Å². The van der Waals surface area contributed by atoms with Crippen molar-refractivity contribution in [1.29, 1.82) is 0 Å². The molecule has 248 valence electrons. The number of nitrogens with one attached hydrogen (secondary N) is 1. The van der Waals surface area contributed by atoms with Gasteiger partial charge in [0.25, 0.3) is 23.6 Å². The number of hydrogen-bond donors (Lipinski definition) is 3. The average Bonchev–Trinajstić information content (AvgIpc) is 3.43. The van der Waals surface area contributed by atoms with Gasteiger partial charge in [0.15, 0.2) is 11.5 Å². The number of carbonyl (C=O) groups is 4. The first-order chi connectivity index (χ1) is 22.9. The highest BCUT2D eigenvalue weighted by molar-refractivity contribution is 14.1. The number of anilines is 1. The number of hydroxylamine groups is 2. The van der Waals surface area contributed by atoms with Crippen molar-refractivity contribution in [1.82, 2.24) is 10.1 Å². The molecule has 0 aromatic heterocycles. The summed E-state index contributed by atoms with van der Waals surface area (Å²) >= 11 is 14.6. The SMILES string of the molecule is COc1ccc(C23C(=O)N(Nc4ccc(Cl)cc4Cl)C(=O)C2CC2C(=CCC4C(=O)N(O)C(=O)C42)C3c2cc(I)c(O)c(OC)c2)cc1. The highest BCUT2D eigenvalue weighted by atomic mass is 127. The number of nitrogens with zero attached hydrogens (tertiary/aromatic N) is 2. The van der Waals surface area contributed by atoms with Crippen LogP contribution in [0.15, 0.2) is 66.2 Å². The summed E-state index contributed by atoms with van der Waals surface area (Å²) in [6, 6.07) is 14.9. The zero-order valence-electron chi connectivity index (χ0n) is 25.4. The van der Waals surface area contributed by atoms with Gasteiger partial charge in [0.2, 0.25) is 0 Å². The third-order valence-electron chi connectivity index (χ3n) is 10.2. The van der Waals surface area contributed by atoms with Crippen LogP contribution >= 0.6 is 45.8 Å². The van der Waals surface area contributed by atoms with Crippen molar-refractivity contribution in [3.8, 4) is 17.2 Å². The van der Waals surface area contributed by atoms with Gasteiger partial charge in [0, 0.05) is 10.9 Å². The molecule has 3 aromatic carbocycles. The minimum atomic E-state index is -1.58. The molecule has 4 amide bonds. The maximum absolute atomic E-state index is 15.2. The van der Waals surface area contributed by atoms with Crippen LogP contribution < -0.4 is 14.9 Å². The molecule has 48 heavy (non-hydrogen) atoms. The smallest absolute Gasteiger partial charge is 0.260 e. The van der Waals surface area contributed by atoms with Gasteiger partial charge in [0.05, 0.1) is 51.7 Å². The number of ether oxygens (including phenoxy) is 2. The number of phenols is 1. The third kappa shape index (κ3) is 4.63. The summed E-state index contributed by atoms with van der Waals surface area (Å²) in [5, 5.41) is 22.9. The fourth-order valence-electron chi connectivity index (χ4n) is 8.12. The average molecular weight is 804 g/mol. The summed E-state index contributed by atoms with van der Waals surface area (Å²) < 4.78 is 11.4. The number of carbonyl (C=O) groups excluding carboxylic acids is 4.